The zero-order chi connectivity index (χ0) is 18.5. The Bertz CT molecular complexity index is 618. The second-order valence-corrected chi connectivity index (χ2v) is 6.26. The topological polar surface area (TPSA) is 66.0 Å². The van der Waals surface area contributed by atoms with E-state index in [2.05, 4.69) is 26.0 Å². The van der Waals surface area contributed by atoms with E-state index in [0.29, 0.717) is 30.6 Å². The van der Waals surface area contributed by atoms with Gasteiger partial charge in [-0.25, -0.2) is 0 Å². The lowest BCUT2D eigenvalue weighted by Crippen LogP contribution is -2.07. The summed E-state index contributed by atoms with van der Waals surface area (Å²) in [5, 5.41) is 19.2. The molecule has 0 saturated carbocycles. The van der Waals surface area contributed by atoms with Gasteiger partial charge < -0.3 is 9.47 Å². The number of hydrogen-bond donors (Lipinski definition) is 0. The molecule has 4 nitrogen and oxygen atoms in total. The molecule has 0 atom stereocenters. The van der Waals surface area contributed by atoms with Gasteiger partial charge in [0.1, 0.15) is 34.8 Å². The monoisotopic (exact) mass is 362 g/mol. The van der Waals surface area contributed by atoms with Crippen molar-refractivity contribution in [1.82, 2.24) is 0 Å². The van der Waals surface area contributed by atoms with Crippen LogP contribution < -0.4 is 9.47 Å². The highest BCUT2D eigenvalue weighted by molar-refractivity contribution is 6.17. The van der Waals surface area contributed by atoms with Crippen LogP contribution in [-0.2, 0) is 6.42 Å². The minimum atomic E-state index is 0.270. The van der Waals surface area contributed by atoms with Crippen molar-refractivity contribution in [3.8, 4) is 23.6 Å². The third-order valence-electron chi connectivity index (χ3n) is 3.87. The standard InChI is InChI=1S/C20H27ClN2O2/c1-3-5-11-24-19-13-16(9-7-8-10-21)20(25-12-6-4-2)18(15-23)17(19)14-22/h13H,3-12H2,1-2H3. The van der Waals surface area contributed by atoms with Gasteiger partial charge in [0.25, 0.3) is 0 Å². The van der Waals surface area contributed by atoms with E-state index in [1.807, 2.05) is 6.07 Å². The van der Waals surface area contributed by atoms with Crippen molar-refractivity contribution in [2.24, 2.45) is 0 Å². The lowest BCUT2D eigenvalue weighted by atomic mass is 9.98. The first kappa shape index (κ1) is 21.1. The lowest BCUT2D eigenvalue weighted by Gasteiger charge is -2.17. The van der Waals surface area contributed by atoms with Crippen LogP contribution in [0.15, 0.2) is 6.07 Å². The lowest BCUT2D eigenvalue weighted by molar-refractivity contribution is 0.296. The highest BCUT2D eigenvalue weighted by atomic mass is 35.5. The Morgan fingerprint density at radius 1 is 0.920 bits per heavy atom. The van der Waals surface area contributed by atoms with Gasteiger partial charge in [-0.3, -0.25) is 0 Å². The van der Waals surface area contributed by atoms with Crippen LogP contribution in [0.2, 0.25) is 0 Å². The predicted octanol–water partition coefficient (Wildman–Crippen LogP) is 5.35. The van der Waals surface area contributed by atoms with Crippen molar-refractivity contribution >= 4 is 11.6 Å². The van der Waals surface area contributed by atoms with Gasteiger partial charge in [-0.15, -0.1) is 11.6 Å². The minimum absolute atomic E-state index is 0.270. The van der Waals surface area contributed by atoms with Crippen molar-refractivity contribution < 1.29 is 9.47 Å². The average molecular weight is 363 g/mol. The van der Waals surface area contributed by atoms with Crippen molar-refractivity contribution in [3.63, 3.8) is 0 Å². The van der Waals surface area contributed by atoms with Crippen LogP contribution in [-0.4, -0.2) is 19.1 Å². The molecule has 0 bridgehead atoms. The Morgan fingerprint density at radius 2 is 1.56 bits per heavy atom. The molecule has 5 heteroatoms. The van der Waals surface area contributed by atoms with E-state index in [1.165, 1.54) is 0 Å². The Kier molecular flexibility index (Phi) is 10.5. The maximum atomic E-state index is 9.62. The van der Waals surface area contributed by atoms with Gasteiger partial charge in [0, 0.05) is 5.88 Å². The van der Waals surface area contributed by atoms with Gasteiger partial charge in [0.05, 0.1) is 13.2 Å². The van der Waals surface area contributed by atoms with E-state index in [-0.39, 0.29) is 11.1 Å². The summed E-state index contributed by atoms with van der Waals surface area (Å²) in [4.78, 5) is 0. The number of hydrogen-bond acceptors (Lipinski definition) is 4. The normalized spacial score (nSPS) is 10.1. The molecule has 0 saturated heterocycles. The van der Waals surface area contributed by atoms with Gasteiger partial charge >= 0.3 is 0 Å². The largest absolute Gasteiger partial charge is 0.492 e. The van der Waals surface area contributed by atoms with Crippen LogP contribution >= 0.6 is 11.6 Å². The van der Waals surface area contributed by atoms with Crippen molar-refractivity contribution in [1.29, 1.82) is 10.5 Å². The van der Waals surface area contributed by atoms with Crippen LogP contribution in [0.4, 0.5) is 0 Å². The third kappa shape index (κ3) is 6.48. The number of halogens is 1. The van der Waals surface area contributed by atoms with E-state index < -0.39 is 0 Å². The fourth-order valence-corrected chi connectivity index (χ4v) is 2.62. The molecule has 1 aromatic carbocycles. The summed E-state index contributed by atoms with van der Waals surface area (Å²) in [6.45, 7) is 5.24. The van der Waals surface area contributed by atoms with Crippen molar-refractivity contribution in [3.05, 3.63) is 22.8 Å². The molecule has 0 amide bonds. The number of nitrogens with zero attached hydrogens (tertiary/aromatic N) is 2. The summed E-state index contributed by atoms with van der Waals surface area (Å²) >= 11 is 5.78. The molecule has 0 aliphatic heterocycles. The Morgan fingerprint density at radius 3 is 2.12 bits per heavy atom. The number of rotatable bonds is 12. The Balaban J connectivity index is 3.24. The second kappa shape index (κ2) is 12.5. The zero-order valence-corrected chi connectivity index (χ0v) is 16.0. The van der Waals surface area contributed by atoms with Gasteiger partial charge in [-0.1, -0.05) is 26.7 Å². The smallest absolute Gasteiger partial charge is 0.141 e. The molecule has 1 rings (SSSR count). The first-order chi connectivity index (χ1) is 12.2. The molecule has 136 valence electrons. The molecule has 1 aromatic rings. The Labute approximate surface area is 156 Å². The highest BCUT2D eigenvalue weighted by Crippen LogP contribution is 2.35. The number of ether oxygens (including phenoxy) is 2. The summed E-state index contributed by atoms with van der Waals surface area (Å²) in [7, 11) is 0. The molecule has 0 fully saturated rings. The van der Waals surface area contributed by atoms with Crippen LogP contribution in [0.3, 0.4) is 0 Å². The first-order valence-electron chi connectivity index (χ1n) is 9.05. The molecule has 0 aliphatic rings. The van der Waals surface area contributed by atoms with E-state index in [0.717, 1.165) is 50.5 Å². The molecule has 25 heavy (non-hydrogen) atoms. The summed E-state index contributed by atoms with van der Waals surface area (Å²) in [5.41, 5.74) is 1.47. The van der Waals surface area contributed by atoms with Gasteiger partial charge in [-0.05, 0) is 43.7 Å². The number of unbranched alkanes of at least 4 members (excludes halogenated alkanes) is 3. The molecule has 0 radical (unpaired) electrons. The molecule has 0 unspecified atom stereocenters. The maximum Gasteiger partial charge on any atom is 0.141 e. The van der Waals surface area contributed by atoms with E-state index >= 15 is 0 Å². The van der Waals surface area contributed by atoms with Crippen LogP contribution in [0.25, 0.3) is 0 Å². The van der Waals surface area contributed by atoms with Gasteiger partial charge in [0.15, 0.2) is 0 Å². The fourth-order valence-electron chi connectivity index (χ4n) is 2.43. The quantitative estimate of drug-likeness (QED) is 0.371. The van der Waals surface area contributed by atoms with E-state index in [1.54, 1.807) is 0 Å². The second-order valence-electron chi connectivity index (χ2n) is 5.89. The van der Waals surface area contributed by atoms with E-state index in [9.17, 15) is 10.5 Å². The summed E-state index contributed by atoms with van der Waals surface area (Å²) in [6, 6.07) is 6.13. The highest BCUT2D eigenvalue weighted by Gasteiger charge is 2.20. The zero-order valence-electron chi connectivity index (χ0n) is 15.2. The molecule has 0 aromatic heterocycles. The average Bonchev–Trinajstić information content (AvgIpc) is 2.63. The molecule has 0 heterocycles. The fraction of sp³-hybridized carbons (Fsp3) is 0.600. The molecule has 0 N–H and O–H groups in total. The van der Waals surface area contributed by atoms with Crippen molar-refractivity contribution in [2.45, 2.75) is 58.8 Å². The molecular weight excluding hydrogens is 336 g/mol. The molecular formula is C20H27ClN2O2. The first-order valence-corrected chi connectivity index (χ1v) is 9.58. The summed E-state index contributed by atoms with van der Waals surface area (Å²) in [5.74, 6) is 1.62. The predicted molar refractivity (Wildman–Crippen MR) is 100 cm³/mol. The maximum absolute atomic E-state index is 9.62. The summed E-state index contributed by atoms with van der Waals surface area (Å²) < 4.78 is 11.7. The third-order valence-corrected chi connectivity index (χ3v) is 4.14. The molecule has 0 spiro atoms. The SMILES string of the molecule is CCCCOc1cc(CCCCCl)c(OCCCC)c(C#N)c1C#N. The van der Waals surface area contributed by atoms with E-state index in [4.69, 9.17) is 21.1 Å². The number of alkyl halides is 1. The van der Waals surface area contributed by atoms with Gasteiger partial charge in [0.2, 0.25) is 0 Å². The number of nitriles is 2. The van der Waals surface area contributed by atoms with Gasteiger partial charge in [-0.2, -0.15) is 10.5 Å². The van der Waals surface area contributed by atoms with Crippen LogP contribution in [0.1, 0.15) is 69.1 Å². The molecule has 0 aliphatic carbocycles. The van der Waals surface area contributed by atoms with Crippen molar-refractivity contribution in [2.75, 3.05) is 19.1 Å². The Hall–Kier alpha value is -1.91. The minimum Gasteiger partial charge on any atom is -0.492 e. The number of aryl methyl sites for hydroxylation is 1. The van der Waals surface area contributed by atoms with Crippen LogP contribution in [0.5, 0.6) is 11.5 Å². The van der Waals surface area contributed by atoms with Crippen LogP contribution in [0, 0.1) is 22.7 Å². The number of benzene rings is 1. The summed E-state index contributed by atoms with van der Waals surface area (Å²) in [6.07, 6.45) is 6.37.